The van der Waals surface area contributed by atoms with Crippen molar-refractivity contribution in [3.8, 4) is 16.9 Å². The predicted octanol–water partition coefficient (Wildman–Crippen LogP) is 6.05. The van der Waals surface area contributed by atoms with E-state index in [-0.39, 0.29) is 24.3 Å². The van der Waals surface area contributed by atoms with Gasteiger partial charge in [-0.05, 0) is 76.9 Å². The van der Waals surface area contributed by atoms with Crippen LogP contribution in [0.1, 0.15) is 59.8 Å². The lowest BCUT2D eigenvalue weighted by Crippen LogP contribution is -2.25. The quantitative estimate of drug-likeness (QED) is 0.430. The molecule has 0 saturated carbocycles. The van der Waals surface area contributed by atoms with Gasteiger partial charge in [-0.3, -0.25) is 9.59 Å². The number of carboxylic acids is 1. The minimum Gasteiger partial charge on any atom is -0.489 e. The molecule has 0 spiro atoms. The number of rotatable bonds is 8. The topological polar surface area (TPSA) is 75.6 Å². The molecule has 0 radical (unpaired) electrons. The number of benzene rings is 3. The molecule has 0 saturated heterocycles. The first-order valence-electron chi connectivity index (χ1n) is 11.5. The van der Waals surface area contributed by atoms with Crippen molar-refractivity contribution in [2.75, 3.05) is 6.54 Å². The van der Waals surface area contributed by atoms with Crippen molar-refractivity contribution in [3.05, 3.63) is 88.5 Å². The molecule has 5 heteroatoms. The van der Waals surface area contributed by atoms with Crippen LogP contribution in [0.4, 0.5) is 0 Å². The molecular weight excluding hydrogens is 426 g/mol. The summed E-state index contributed by atoms with van der Waals surface area (Å²) in [5.74, 6) is -0.420. The molecule has 2 N–H and O–H groups in total. The SMILES string of the molecule is Cc1cc(OCc2ccc(C(=O)NCCC(=O)O)cc2)cc(C)c1-c1ccc(C(C)(C)C)cc1. The van der Waals surface area contributed by atoms with E-state index < -0.39 is 5.97 Å². The van der Waals surface area contributed by atoms with Gasteiger partial charge in [-0.1, -0.05) is 57.2 Å². The number of nitrogens with one attached hydrogen (secondary N) is 1. The minimum absolute atomic E-state index is 0.0997. The third-order valence-corrected chi connectivity index (χ3v) is 5.79. The smallest absolute Gasteiger partial charge is 0.305 e. The maximum absolute atomic E-state index is 12.1. The van der Waals surface area contributed by atoms with Gasteiger partial charge in [-0.15, -0.1) is 0 Å². The number of ether oxygens (including phenoxy) is 1. The monoisotopic (exact) mass is 459 g/mol. The van der Waals surface area contributed by atoms with Gasteiger partial charge < -0.3 is 15.2 Å². The molecule has 1 amide bonds. The molecule has 0 aliphatic carbocycles. The zero-order valence-corrected chi connectivity index (χ0v) is 20.6. The second-order valence-corrected chi connectivity index (χ2v) is 9.64. The molecule has 3 aromatic rings. The molecule has 34 heavy (non-hydrogen) atoms. The summed E-state index contributed by atoms with van der Waals surface area (Å²) in [4.78, 5) is 22.6. The van der Waals surface area contributed by atoms with E-state index in [4.69, 9.17) is 9.84 Å². The summed E-state index contributed by atoms with van der Waals surface area (Å²) in [5, 5.41) is 11.3. The van der Waals surface area contributed by atoms with Crippen LogP contribution in [0.2, 0.25) is 0 Å². The predicted molar refractivity (Wildman–Crippen MR) is 135 cm³/mol. The molecule has 0 heterocycles. The highest BCUT2D eigenvalue weighted by Crippen LogP contribution is 2.33. The summed E-state index contributed by atoms with van der Waals surface area (Å²) < 4.78 is 6.03. The third kappa shape index (κ3) is 6.47. The number of aliphatic carboxylic acids is 1. The Morgan fingerprint density at radius 2 is 1.50 bits per heavy atom. The van der Waals surface area contributed by atoms with Crippen LogP contribution < -0.4 is 10.1 Å². The van der Waals surface area contributed by atoms with Gasteiger partial charge >= 0.3 is 5.97 Å². The van der Waals surface area contributed by atoms with Crippen LogP contribution in [-0.4, -0.2) is 23.5 Å². The van der Waals surface area contributed by atoms with Gasteiger partial charge in [-0.2, -0.15) is 0 Å². The summed E-state index contributed by atoms with van der Waals surface area (Å²) in [5.41, 5.74) is 7.62. The average molecular weight is 460 g/mol. The summed E-state index contributed by atoms with van der Waals surface area (Å²) >= 11 is 0. The van der Waals surface area contributed by atoms with E-state index >= 15 is 0 Å². The minimum atomic E-state index is -0.940. The fourth-order valence-electron chi connectivity index (χ4n) is 3.90. The molecule has 178 valence electrons. The standard InChI is InChI=1S/C29H33NO4/c1-19-16-25(17-20(2)27(19)22-10-12-24(13-11-22)29(3,4)5)34-18-21-6-8-23(9-7-21)28(33)30-15-14-26(31)32/h6-13,16-17H,14-15,18H2,1-5H3,(H,30,33)(H,31,32). The molecule has 5 nitrogen and oxygen atoms in total. The Morgan fingerprint density at radius 1 is 0.912 bits per heavy atom. The third-order valence-electron chi connectivity index (χ3n) is 5.79. The lowest BCUT2D eigenvalue weighted by Gasteiger charge is -2.20. The molecule has 0 unspecified atom stereocenters. The Morgan fingerprint density at radius 3 is 2.03 bits per heavy atom. The Balaban J connectivity index is 1.65. The molecular formula is C29H33NO4. The molecule has 0 atom stereocenters. The highest BCUT2D eigenvalue weighted by Gasteiger charge is 2.15. The van der Waals surface area contributed by atoms with Gasteiger partial charge in [0.05, 0.1) is 6.42 Å². The zero-order valence-electron chi connectivity index (χ0n) is 20.6. The van der Waals surface area contributed by atoms with E-state index in [0.717, 1.165) is 22.4 Å². The molecule has 3 aromatic carbocycles. The number of carboxylic acid groups (broad SMARTS) is 1. The molecule has 0 aliphatic heterocycles. The second kappa shape index (κ2) is 10.6. The number of hydrogen-bond acceptors (Lipinski definition) is 3. The van der Waals surface area contributed by atoms with E-state index in [9.17, 15) is 9.59 Å². The van der Waals surface area contributed by atoms with Gasteiger partial charge in [0.15, 0.2) is 0 Å². The summed E-state index contributed by atoms with van der Waals surface area (Å²) in [6, 6.07) is 20.0. The first-order chi connectivity index (χ1) is 16.0. The van der Waals surface area contributed by atoms with Crippen LogP contribution in [-0.2, 0) is 16.8 Å². The van der Waals surface area contributed by atoms with Gasteiger partial charge in [0.1, 0.15) is 12.4 Å². The Kier molecular flexibility index (Phi) is 7.77. The Bertz CT molecular complexity index is 1130. The summed E-state index contributed by atoms with van der Waals surface area (Å²) in [6.07, 6.45) is -0.0997. The largest absolute Gasteiger partial charge is 0.489 e. The van der Waals surface area contributed by atoms with Crippen LogP contribution in [0.15, 0.2) is 60.7 Å². The van der Waals surface area contributed by atoms with Crippen molar-refractivity contribution >= 4 is 11.9 Å². The van der Waals surface area contributed by atoms with Crippen LogP contribution in [0.5, 0.6) is 5.75 Å². The highest BCUT2D eigenvalue weighted by molar-refractivity contribution is 5.94. The fraction of sp³-hybridized carbons (Fsp3) is 0.310. The Labute approximate surface area is 201 Å². The van der Waals surface area contributed by atoms with Crippen molar-refractivity contribution in [1.29, 1.82) is 0 Å². The van der Waals surface area contributed by atoms with Crippen molar-refractivity contribution in [1.82, 2.24) is 5.32 Å². The lowest BCUT2D eigenvalue weighted by molar-refractivity contribution is -0.136. The normalized spacial score (nSPS) is 11.2. The van der Waals surface area contributed by atoms with E-state index in [1.165, 1.54) is 16.7 Å². The summed E-state index contributed by atoms with van der Waals surface area (Å²) in [6.45, 7) is 11.4. The van der Waals surface area contributed by atoms with Gasteiger partial charge in [0.2, 0.25) is 0 Å². The van der Waals surface area contributed by atoms with Gasteiger partial charge in [-0.25, -0.2) is 0 Å². The van der Waals surface area contributed by atoms with Crippen LogP contribution in [0.25, 0.3) is 11.1 Å². The molecule has 3 rings (SSSR count). The van der Waals surface area contributed by atoms with E-state index in [1.807, 2.05) is 12.1 Å². The average Bonchev–Trinajstić information content (AvgIpc) is 2.77. The van der Waals surface area contributed by atoms with Crippen LogP contribution in [0.3, 0.4) is 0 Å². The first-order valence-corrected chi connectivity index (χ1v) is 11.5. The lowest BCUT2D eigenvalue weighted by atomic mass is 9.85. The number of carbonyl (C=O) groups excluding carboxylic acids is 1. The number of amides is 1. The zero-order chi connectivity index (χ0) is 24.9. The van der Waals surface area contributed by atoms with Crippen molar-refractivity contribution in [2.24, 2.45) is 0 Å². The molecule has 0 bridgehead atoms. The first kappa shape index (κ1) is 25.0. The maximum atomic E-state index is 12.1. The van der Waals surface area contributed by atoms with Crippen molar-refractivity contribution in [3.63, 3.8) is 0 Å². The molecule has 0 aromatic heterocycles. The number of hydrogen-bond donors (Lipinski definition) is 2. The van der Waals surface area contributed by atoms with Crippen LogP contribution in [0, 0.1) is 13.8 Å². The maximum Gasteiger partial charge on any atom is 0.305 e. The van der Waals surface area contributed by atoms with E-state index in [1.54, 1.807) is 12.1 Å². The molecule has 0 aliphatic rings. The second-order valence-electron chi connectivity index (χ2n) is 9.64. The van der Waals surface area contributed by atoms with Crippen molar-refractivity contribution in [2.45, 2.75) is 53.1 Å². The molecule has 0 fully saturated rings. The van der Waals surface area contributed by atoms with E-state index in [2.05, 4.69) is 76.3 Å². The van der Waals surface area contributed by atoms with Crippen molar-refractivity contribution < 1.29 is 19.4 Å². The number of aryl methyl sites for hydroxylation is 2. The fourth-order valence-corrected chi connectivity index (χ4v) is 3.90. The highest BCUT2D eigenvalue weighted by atomic mass is 16.5. The Hall–Kier alpha value is -3.60. The summed E-state index contributed by atoms with van der Waals surface area (Å²) in [7, 11) is 0. The van der Waals surface area contributed by atoms with Gasteiger partial charge in [0, 0.05) is 12.1 Å². The van der Waals surface area contributed by atoms with E-state index in [0.29, 0.717) is 12.2 Å². The van der Waals surface area contributed by atoms with Crippen LogP contribution >= 0.6 is 0 Å². The number of carbonyl (C=O) groups is 2. The van der Waals surface area contributed by atoms with Gasteiger partial charge in [0.25, 0.3) is 5.91 Å².